The highest BCUT2D eigenvalue weighted by atomic mass is 19.4. The minimum atomic E-state index is -4.25. The molecule has 116 valence electrons. The molecule has 0 aromatic heterocycles. The highest BCUT2D eigenvalue weighted by molar-refractivity contribution is 5.79. The van der Waals surface area contributed by atoms with Crippen LogP contribution in [0.25, 0.3) is 0 Å². The molecule has 3 unspecified atom stereocenters. The third-order valence-electron chi connectivity index (χ3n) is 4.68. The molecule has 2 fully saturated rings. The highest BCUT2D eigenvalue weighted by Crippen LogP contribution is 2.42. The maximum atomic E-state index is 13.0. The molecule has 2 rings (SSSR count). The first-order valence-corrected chi connectivity index (χ1v) is 7.49. The first kappa shape index (κ1) is 15.6. The van der Waals surface area contributed by atoms with Gasteiger partial charge in [0.2, 0.25) is 5.91 Å². The number of carbonyl (C=O) groups excluding carboxylic acids is 1. The molecule has 0 aromatic carbocycles. The van der Waals surface area contributed by atoms with Crippen LogP contribution in [0, 0.1) is 17.8 Å². The fraction of sp³-hybridized carbons (Fsp3) is 0.929. The third-order valence-corrected chi connectivity index (χ3v) is 4.68. The first-order chi connectivity index (χ1) is 9.43. The average Bonchev–Trinajstić information content (AvgIpc) is 2.86. The van der Waals surface area contributed by atoms with Gasteiger partial charge in [-0.1, -0.05) is 12.8 Å². The van der Waals surface area contributed by atoms with Crippen LogP contribution in [0.3, 0.4) is 0 Å². The molecular formula is C14H23F3N2O. The second kappa shape index (κ2) is 6.33. The van der Waals surface area contributed by atoms with Gasteiger partial charge < -0.3 is 10.6 Å². The molecule has 1 heterocycles. The van der Waals surface area contributed by atoms with Crippen molar-refractivity contribution in [2.45, 2.75) is 44.7 Å². The number of nitrogens with zero attached hydrogens (tertiary/aromatic N) is 1. The number of likely N-dealkylation sites (tertiary alicyclic amines) is 1. The van der Waals surface area contributed by atoms with E-state index in [1.807, 2.05) is 0 Å². The number of rotatable bonds is 3. The highest BCUT2D eigenvalue weighted by Gasteiger charge is 2.49. The van der Waals surface area contributed by atoms with Gasteiger partial charge in [-0.25, -0.2) is 0 Å². The third kappa shape index (κ3) is 3.45. The smallest absolute Gasteiger partial charge is 0.342 e. The average molecular weight is 292 g/mol. The van der Waals surface area contributed by atoms with Crippen LogP contribution >= 0.6 is 0 Å². The molecule has 3 nitrogen and oxygen atoms in total. The van der Waals surface area contributed by atoms with Crippen molar-refractivity contribution in [3.8, 4) is 0 Å². The number of amides is 1. The van der Waals surface area contributed by atoms with E-state index in [2.05, 4.69) is 0 Å². The van der Waals surface area contributed by atoms with Crippen LogP contribution < -0.4 is 5.73 Å². The Kier molecular flexibility index (Phi) is 4.94. The van der Waals surface area contributed by atoms with Crippen molar-refractivity contribution in [2.75, 3.05) is 19.6 Å². The second-order valence-corrected chi connectivity index (χ2v) is 6.06. The Morgan fingerprint density at radius 3 is 2.55 bits per heavy atom. The van der Waals surface area contributed by atoms with Gasteiger partial charge in [0, 0.05) is 19.0 Å². The van der Waals surface area contributed by atoms with Gasteiger partial charge in [0.25, 0.3) is 0 Å². The molecule has 0 spiro atoms. The quantitative estimate of drug-likeness (QED) is 0.869. The van der Waals surface area contributed by atoms with Gasteiger partial charge >= 0.3 is 6.18 Å². The Morgan fingerprint density at radius 2 is 1.90 bits per heavy atom. The Labute approximate surface area is 117 Å². The number of hydrogen-bond donors (Lipinski definition) is 1. The molecule has 0 aromatic rings. The Balaban J connectivity index is 2.00. The first-order valence-electron chi connectivity index (χ1n) is 7.49. The zero-order valence-electron chi connectivity index (χ0n) is 11.7. The van der Waals surface area contributed by atoms with Crippen molar-refractivity contribution in [2.24, 2.45) is 23.5 Å². The lowest BCUT2D eigenvalue weighted by atomic mass is 9.78. The van der Waals surface area contributed by atoms with E-state index in [-0.39, 0.29) is 12.3 Å². The molecule has 2 N–H and O–H groups in total. The topological polar surface area (TPSA) is 46.3 Å². The number of nitrogens with two attached hydrogens (primary N) is 1. The van der Waals surface area contributed by atoms with Crippen molar-refractivity contribution >= 4 is 5.91 Å². The van der Waals surface area contributed by atoms with Crippen LogP contribution in [0.2, 0.25) is 0 Å². The van der Waals surface area contributed by atoms with Gasteiger partial charge in [-0.2, -0.15) is 13.2 Å². The fourth-order valence-electron chi connectivity index (χ4n) is 3.56. The van der Waals surface area contributed by atoms with E-state index in [0.717, 1.165) is 19.3 Å². The lowest BCUT2D eigenvalue weighted by Crippen LogP contribution is -2.44. The monoisotopic (exact) mass is 292 g/mol. The number of halogens is 3. The van der Waals surface area contributed by atoms with Crippen LogP contribution in [-0.4, -0.2) is 36.6 Å². The van der Waals surface area contributed by atoms with Gasteiger partial charge in [0.15, 0.2) is 0 Å². The summed E-state index contributed by atoms with van der Waals surface area (Å²) in [5.74, 6) is -2.24. The zero-order chi connectivity index (χ0) is 14.8. The molecule has 1 saturated carbocycles. The molecule has 0 bridgehead atoms. The SMILES string of the molecule is NCCC1CCN(C(=O)C2CCCCC2C(F)(F)F)C1. The molecule has 3 atom stereocenters. The fourth-order valence-corrected chi connectivity index (χ4v) is 3.56. The maximum Gasteiger partial charge on any atom is 0.392 e. The molecule has 6 heteroatoms. The van der Waals surface area contributed by atoms with Crippen LogP contribution in [0.15, 0.2) is 0 Å². The van der Waals surface area contributed by atoms with Crippen molar-refractivity contribution < 1.29 is 18.0 Å². The largest absolute Gasteiger partial charge is 0.392 e. The Hall–Kier alpha value is -0.780. The van der Waals surface area contributed by atoms with Crippen molar-refractivity contribution in [1.29, 1.82) is 0 Å². The lowest BCUT2D eigenvalue weighted by molar-refractivity contribution is -0.200. The Morgan fingerprint density at radius 1 is 1.20 bits per heavy atom. The molecule has 0 radical (unpaired) electrons. The van der Waals surface area contributed by atoms with E-state index in [9.17, 15) is 18.0 Å². The summed E-state index contributed by atoms with van der Waals surface area (Å²) in [5.41, 5.74) is 5.50. The van der Waals surface area contributed by atoms with Gasteiger partial charge in [0.05, 0.1) is 5.92 Å². The predicted octanol–water partition coefficient (Wildman–Crippen LogP) is 2.55. The summed E-state index contributed by atoms with van der Waals surface area (Å²) in [7, 11) is 0. The second-order valence-electron chi connectivity index (χ2n) is 6.06. The van der Waals surface area contributed by atoms with Crippen LogP contribution in [0.5, 0.6) is 0 Å². The van der Waals surface area contributed by atoms with E-state index >= 15 is 0 Å². The van der Waals surface area contributed by atoms with Gasteiger partial charge in [-0.05, 0) is 38.1 Å². The predicted molar refractivity (Wildman–Crippen MR) is 69.9 cm³/mol. The summed E-state index contributed by atoms with van der Waals surface area (Å²) < 4.78 is 39.1. The minimum Gasteiger partial charge on any atom is -0.342 e. The zero-order valence-corrected chi connectivity index (χ0v) is 11.7. The van der Waals surface area contributed by atoms with E-state index in [1.165, 1.54) is 0 Å². The van der Waals surface area contributed by atoms with Crippen LogP contribution in [0.1, 0.15) is 38.5 Å². The van der Waals surface area contributed by atoms with Crippen molar-refractivity contribution in [3.63, 3.8) is 0 Å². The van der Waals surface area contributed by atoms with Gasteiger partial charge in [-0.15, -0.1) is 0 Å². The summed E-state index contributed by atoms with van der Waals surface area (Å²) >= 11 is 0. The van der Waals surface area contributed by atoms with Crippen LogP contribution in [0.4, 0.5) is 13.2 Å². The van der Waals surface area contributed by atoms with Gasteiger partial charge in [-0.3, -0.25) is 4.79 Å². The summed E-state index contributed by atoms with van der Waals surface area (Å²) in [4.78, 5) is 14.0. The molecule has 1 saturated heterocycles. The van der Waals surface area contributed by atoms with E-state index in [1.54, 1.807) is 4.90 Å². The molecular weight excluding hydrogens is 269 g/mol. The van der Waals surface area contributed by atoms with Crippen molar-refractivity contribution in [1.82, 2.24) is 4.90 Å². The molecule has 1 aliphatic heterocycles. The number of alkyl halides is 3. The number of carbonyl (C=O) groups is 1. The van der Waals surface area contributed by atoms with E-state index < -0.39 is 18.0 Å². The molecule has 20 heavy (non-hydrogen) atoms. The lowest BCUT2D eigenvalue weighted by Gasteiger charge is -2.34. The van der Waals surface area contributed by atoms with E-state index in [4.69, 9.17) is 5.73 Å². The summed E-state index contributed by atoms with van der Waals surface area (Å²) in [6, 6.07) is 0. The molecule has 2 aliphatic rings. The van der Waals surface area contributed by atoms with Crippen LogP contribution in [-0.2, 0) is 4.79 Å². The standard InChI is InChI=1S/C14H23F3N2O/c15-14(16,17)12-4-2-1-3-11(12)13(20)19-8-6-10(9-19)5-7-18/h10-12H,1-9,18H2. The summed E-state index contributed by atoms with van der Waals surface area (Å²) in [5, 5.41) is 0. The molecule has 1 aliphatic carbocycles. The number of hydrogen-bond acceptors (Lipinski definition) is 2. The Bertz CT molecular complexity index is 346. The molecule has 1 amide bonds. The minimum absolute atomic E-state index is 0.0972. The maximum absolute atomic E-state index is 13.0. The van der Waals surface area contributed by atoms with Gasteiger partial charge in [0.1, 0.15) is 0 Å². The summed E-state index contributed by atoms with van der Waals surface area (Å²) in [6.07, 6.45) is -0.769. The van der Waals surface area contributed by atoms with E-state index in [0.29, 0.717) is 38.4 Å². The normalized spacial score (nSPS) is 31.6. The van der Waals surface area contributed by atoms with Crippen molar-refractivity contribution in [3.05, 3.63) is 0 Å². The summed E-state index contributed by atoms with van der Waals surface area (Å²) in [6.45, 7) is 1.74.